The van der Waals surface area contributed by atoms with Crippen molar-refractivity contribution in [3.63, 3.8) is 0 Å². The second kappa shape index (κ2) is 7.79. The molecule has 5 heteroatoms. The zero-order valence-corrected chi connectivity index (χ0v) is 11.7. The van der Waals surface area contributed by atoms with Gasteiger partial charge in [-0.25, -0.2) is 0 Å². The Bertz CT molecular complexity index is 546. The number of benzene rings is 1. The third-order valence-electron chi connectivity index (χ3n) is 2.86. The molecule has 1 aromatic carbocycles. The van der Waals surface area contributed by atoms with Gasteiger partial charge in [0.1, 0.15) is 12.4 Å². The van der Waals surface area contributed by atoms with Gasteiger partial charge in [-0.05, 0) is 12.1 Å². The van der Waals surface area contributed by atoms with Gasteiger partial charge < -0.3 is 19.9 Å². The normalized spacial score (nSPS) is 10.9. The Labute approximate surface area is 118 Å². The molecule has 0 spiro atoms. The summed E-state index contributed by atoms with van der Waals surface area (Å²) in [5.74, 6) is 0.798. The number of pyridine rings is 1. The van der Waals surface area contributed by atoms with Crippen LogP contribution in [0.1, 0.15) is 5.69 Å². The van der Waals surface area contributed by atoms with Crippen molar-refractivity contribution in [2.24, 2.45) is 5.73 Å². The Kier molecular flexibility index (Phi) is 5.73. The second-order valence-electron chi connectivity index (χ2n) is 4.29. The second-order valence-corrected chi connectivity index (χ2v) is 4.29. The number of fused-ring (bicyclic) bond motifs is 1. The van der Waals surface area contributed by atoms with E-state index in [1.165, 1.54) is 0 Å². The third kappa shape index (κ3) is 3.90. The molecule has 0 fully saturated rings. The molecule has 0 saturated heterocycles. The fraction of sp³-hybridized carbons (Fsp3) is 0.400. The Hall–Kier alpha value is -1.69. The molecule has 2 rings (SSSR count). The third-order valence-corrected chi connectivity index (χ3v) is 2.86. The van der Waals surface area contributed by atoms with Gasteiger partial charge in [0.05, 0.1) is 31.0 Å². The number of aromatic nitrogens is 1. The number of methoxy groups -OCH3 is 1. The lowest BCUT2D eigenvalue weighted by Gasteiger charge is -2.11. The fourth-order valence-corrected chi connectivity index (χ4v) is 1.87. The summed E-state index contributed by atoms with van der Waals surface area (Å²) in [6, 6.07) is 9.75. The summed E-state index contributed by atoms with van der Waals surface area (Å²) >= 11 is 0. The number of nitrogens with zero attached hydrogens (tertiary/aromatic N) is 1. The zero-order valence-electron chi connectivity index (χ0n) is 11.7. The SMILES string of the molecule is COCCOCCOc1cc(CN)nc2ccccc12. The van der Waals surface area contributed by atoms with Gasteiger partial charge in [0.25, 0.3) is 0 Å². The molecule has 2 N–H and O–H groups in total. The Morgan fingerprint density at radius 1 is 1.10 bits per heavy atom. The van der Waals surface area contributed by atoms with Crippen LogP contribution in [0.4, 0.5) is 0 Å². The average Bonchev–Trinajstić information content (AvgIpc) is 2.50. The lowest BCUT2D eigenvalue weighted by Crippen LogP contribution is -2.10. The topological polar surface area (TPSA) is 66.6 Å². The van der Waals surface area contributed by atoms with E-state index in [2.05, 4.69) is 4.98 Å². The lowest BCUT2D eigenvalue weighted by atomic mass is 10.2. The monoisotopic (exact) mass is 276 g/mol. The number of hydrogen-bond acceptors (Lipinski definition) is 5. The maximum Gasteiger partial charge on any atom is 0.130 e. The summed E-state index contributed by atoms with van der Waals surface area (Å²) in [6.07, 6.45) is 0. The van der Waals surface area contributed by atoms with E-state index in [9.17, 15) is 0 Å². The summed E-state index contributed by atoms with van der Waals surface area (Å²) in [6.45, 7) is 2.58. The van der Waals surface area contributed by atoms with Crippen LogP contribution in [-0.2, 0) is 16.0 Å². The van der Waals surface area contributed by atoms with Crippen LogP contribution in [-0.4, -0.2) is 38.5 Å². The predicted molar refractivity (Wildman–Crippen MR) is 77.8 cm³/mol. The first-order valence-electron chi connectivity index (χ1n) is 6.63. The summed E-state index contributed by atoms with van der Waals surface area (Å²) in [7, 11) is 1.65. The molecule has 0 amide bonds. The maximum absolute atomic E-state index is 5.78. The Balaban J connectivity index is 2.01. The van der Waals surface area contributed by atoms with Gasteiger partial charge in [-0.3, -0.25) is 4.98 Å². The van der Waals surface area contributed by atoms with E-state index in [1.54, 1.807) is 7.11 Å². The molecule has 108 valence electrons. The molecule has 0 aliphatic carbocycles. The van der Waals surface area contributed by atoms with E-state index in [0.717, 1.165) is 22.3 Å². The molecule has 0 atom stereocenters. The minimum absolute atomic E-state index is 0.394. The van der Waals surface area contributed by atoms with Gasteiger partial charge in [0.15, 0.2) is 0 Å². The van der Waals surface area contributed by atoms with Crippen LogP contribution >= 0.6 is 0 Å². The number of rotatable bonds is 8. The maximum atomic E-state index is 5.78. The number of hydrogen-bond donors (Lipinski definition) is 1. The van der Waals surface area contributed by atoms with Crippen molar-refractivity contribution >= 4 is 10.9 Å². The van der Waals surface area contributed by atoms with Crippen LogP contribution in [0.3, 0.4) is 0 Å². The van der Waals surface area contributed by atoms with Crippen molar-refractivity contribution in [1.29, 1.82) is 0 Å². The molecule has 0 aliphatic heterocycles. The lowest BCUT2D eigenvalue weighted by molar-refractivity contribution is 0.0546. The summed E-state index contributed by atoms with van der Waals surface area (Å²) in [4.78, 5) is 4.47. The summed E-state index contributed by atoms with van der Waals surface area (Å²) in [5, 5.41) is 0.988. The quantitative estimate of drug-likeness (QED) is 0.744. The smallest absolute Gasteiger partial charge is 0.130 e. The molecule has 20 heavy (non-hydrogen) atoms. The van der Waals surface area contributed by atoms with E-state index in [-0.39, 0.29) is 0 Å². The van der Waals surface area contributed by atoms with Gasteiger partial charge in [0.2, 0.25) is 0 Å². The Morgan fingerprint density at radius 2 is 1.90 bits per heavy atom. The van der Waals surface area contributed by atoms with Crippen LogP contribution in [0.15, 0.2) is 30.3 Å². The van der Waals surface area contributed by atoms with Gasteiger partial charge in [0, 0.05) is 25.1 Å². The largest absolute Gasteiger partial charge is 0.490 e. The van der Waals surface area contributed by atoms with E-state index >= 15 is 0 Å². The zero-order chi connectivity index (χ0) is 14.2. The van der Waals surface area contributed by atoms with Gasteiger partial charge in [-0.2, -0.15) is 0 Å². The predicted octanol–water partition coefficient (Wildman–Crippen LogP) is 1.74. The van der Waals surface area contributed by atoms with Crippen LogP contribution in [0, 0.1) is 0 Å². The molecule has 0 radical (unpaired) electrons. The number of ether oxygens (including phenoxy) is 3. The highest BCUT2D eigenvalue weighted by Gasteiger charge is 2.05. The van der Waals surface area contributed by atoms with Crippen LogP contribution in [0.25, 0.3) is 10.9 Å². The molecule has 0 saturated carbocycles. The Morgan fingerprint density at radius 3 is 2.70 bits per heavy atom. The molecule has 1 heterocycles. The summed E-state index contributed by atoms with van der Waals surface area (Å²) in [5.41, 5.74) is 7.38. The molecule has 2 aromatic rings. The molecule has 0 bridgehead atoms. The van der Waals surface area contributed by atoms with Crippen molar-refractivity contribution in [2.75, 3.05) is 33.5 Å². The molecule has 5 nitrogen and oxygen atoms in total. The van der Waals surface area contributed by atoms with Crippen molar-refractivity contribution in [3.05, 3.63) is 36.0 Å². The van der Waals surface area contributed by atoms with E-state index < -0.39 is 0 Å². The van der Waals surface area contributed by atoms with Crippen LogP contribution < -0.4 is 10.5 Å². The highest BCUT2D eigenvalue weighted by Crippen LogP contribution is 2.25. The van der Waals surface area contributed by atoms with Crippen molar-refractivity contribution in [1.82, 2.24) is 4.98 Å². The van der Waals surface area contributed by atoms with E-state index in [0.29, 0.717) is 33.0 Å². The molecule has 0 unspecified atom stereocenters. The first-order chi connectivity index (χ1) is 9.85. The molecular weight excluding hydrogens is 256 g/mol. The van der Waals surface area contributed by atoms with E-state index in [1.807, 2.05) is 30.3 Å². The van der Waals surface area contributed by atoms with Crippen molar-refractivity contribution in [3.8, 4) is 5.75 Å². The van der Waals surface area contributed by atoms with Gasteiger partial charge in [-0.15, -0.1) is 0 Å². The average molecular weight is 276 g/mol. The van der Waals surface area contributed by atoms with Crippen LogP contribution in [0.5, 0.6) is 5.75 Å². The summed E-state index contributed by atoms with van der Waals surface area (Å²) < 4.78 is 16.1. The number of para-hydroxylation sites is 1. The number of nitrogens with two attached hydrogens (primary N) is 1. The highest BCUT2D eigenvalue weighted by atomic mass is 16.5. The highest BCUT2D eigenvalue weighted by molar-refractivity contribution is 5.85. The van der Waals surface area contributed by atoms with Crippen molar-refractivity contribution in [2.45, 2.75) is 6.54 Å². The van der Waals surface area contributed by atoms with Crippen LogP contribution in [0.2, 0.25) is 0 Å². The minimum Gasteiger partial charge on any atom is -0.490 e. The molecule has 0 aliphatic rings. The minimum atomic E-state index is 0.394. The first-order valence-corrected chi connectivity index (χ1v) is 6.63. The standard InChI is InChI=1S/C15H20N2O3/c1-18-6-7-19-8-9-20-15-10-12(11-16)17-14-5-3-2-4-13(14)15/h2-5,10H,6-9,11,16H2,1H3. The van der Waals surface area contributed by atoms with Gasteiger partial charge >= 0.3 is 0 Å². The fourth-order valence-electron chi connectivity index (χ4n) is 1.87. The van der Waals surface area contributed by atoms with E-state index in [4.69, 9.17) is 19.9 Å². The molecular formula is C15H20N2O3. The first kappa shape index (κ1) is 14.7. The van der Waals surface area contributed by atoms with Crippen molar-refractivity contribution < 1.29 is 14.2 Å². The molecule has 1 aromatic heterocycles. The van der Waals surface area contributed by atoms with Gasteiger partial charge in [-0.1, -0.05) is 12.1 Å².